The first kappa shape index (κ1) is 16.3. The summed E-state index contributed by atoms with van der Waals surface area (Å²) in [4.78, 5) is 16.6. The zero-order chi connectivity index (χ0) is 15.5. The molecular weight excluding hydrogens is 284 g/mol. The van der Waals surface area contributed by atoms with Crippen molar-refractivity contribution in [2.75, 3.05) is 18.5 Å². The lowest BCUT2D eigenvalue weighted by atomic mass is 9.67. The molecule has 0 radical (unpaired) electrons. The van der Waals surface area contributed by atoms with Crippen molar-refractivity contribution in [1.82, 2.24) is 4.98 Å². The van der Waals surface area contributed by atoms with Crippen molar-refractivity contribution in [3.8, 4) is 0 Å². The Hall–Kier alpha value is -1.10. The summed E-state index contributed by atoms with van der Waals surface area (Å²) in [6.45, 7) is 9.20. The highest BCUT2D eigenvalue weighted by atomic mass is 32.1. The summed E-state index contributed by atoms with van der Waals surface area (Å²) in [5, 5.41) is 6.32. The molecule has 1 aromatic rings. The number of esters is 1. The highest BCUT2D eigenvalue weighted by molar-refractivity contribution is 7.13. The van der Waals surface area contributed by atoms with Crippen molar-refractivity contribution in [2.24, 2.45) is 5.41 Å². The highest BCUT2D eigenvalue weighted by Crippen LogP contribution is 2.43. The molecule has 0 aliphatic heterocycles. The van der Waals surface area contributed by atoms with Gasteiger partial charge in [-0.15, -0.1) is 11.3 Å². The molecule has 0 atom stereocenters. The van der Waals surface area contributed by atoms with Crippen LogP contribution in [-0.2, 0) is 14.9 Å². The first-order valence-corrected chi connectivity index (χ1v) is 8.68. The molecule has 1 aliphatic rings. The minimum atomic E-state index is -0.689. The standard InChI is InChI=1S/C16H26N2O2S/c1-5-16(8-7-9-16)11-17-14-18-12(10-21-14)15(3,4)13(19)20-6-2/h10H,5-9,11H2,1-4H3,(H,17,18). The fraction of sp³-hybridized carbons (Fsp3) is 0.750. The first-order valence-electron chi connectivity index (χ1n) is 7.80. The van der Waals surface area contributed by atoms with Gasteiger partial charge in [-0.25, -0.2) is 4.98 Å². The number of hydrogen-bond donors (Lipinski definition) is 1. The van der Waals surface area contributed by atoms with Gasteiger partial charge >= 0.3 is 5.97 Å². The number of rotatable bonds is 7. The summed E-state index contributed by atoms with van der Waals surface area (Å²) in [6, 6.07) is 0. The van der Waals surface area contributed by atoms with E-state index in [0.717, 1.165) is 17.4 Å². The predicted molar refractivity (Wildman–Crippen MR) is 86.8 cm³/mol. The zero-order valence-electron chi connectivity index (χ0n) is 13.5. The maximum Gasteiger partial charge on any atom is 0.317 e. The second-order valence-corrected chi connectivity index (χ2v) is 7.30. The van der Waals surface area contributed by atoms with Crippen LogP contribution in [0.2, 0.25) is 0 Å². The Bertz CT molecular complexity index is 487. The first-order chi connectivity index (χ1) is 9.93. The number of thiazole rings is 1. The summed E-state index contributed by atoms with van der Waals surface area (Å²) in [5.74, 6) is -0.217. The Morgan fingerprint density at radius 1 is 1.48 bits per heavy atom. The topological polar surface area (TPSA) is 51.2 Å². The number of aromatic nitrogens is 1. The summed E-state index contributed by atoms with van der Waals surface area (Å²) < 4.78 is 5.13. The molecule has 2 rings (SSSR count). The van der Waals surface area contributed by atoms with Crippen LogP contribution in [0.1, 0.15) is 59.1 Å². The lowest BCUT2D eigenvalue weighted by Crippen LogP contribution is -2.36. The number of carbonyl (C=O) groups is 1. The van der Waals surface area contributed by atoms with Crippen LogP contribution in [0.25, 0.3) is 0 Å². The van der Waals surface area contributed by atoms with Gasteiger partial charge < -0.3 is 10.1 Å². The van der Waals surface area contributed by atoms with Gasteiger partial charge in [0.25, 0.3) is 0 Å². The van der Waals surface area contributed by atoms with Crippen LogP contribution in [-0.4, -0.2) is 24.1 Å². The molecule has 0 unspecified atom stereocenters. The fourth-order valence-corrected chi connectivity index (χ4v) is 3.53. The van der Waals surface area contributed by atoms with E-state index in [0.29, 0.717) is 12.0 Å². The molecule has 4 nitrogen and oxygen atoms in total. The van der Waals surface area contributed by atoms with Crippen LogP contribution in [0.4, 0.5) is 5.13 Å². The van der Waals surface area contributed by atoms with Gasteiger partial charge in [-0.2, -0.15) is 0 Å². The lowest BCUT2D eigenvalue weighted by Gasteiger charge is -2.41. The number of hydrogen-bond acceptors (Lipinski definition) is 5. The van der Waals surface area contributed by atoms with Crippen molar-refractivity contribution >= 4 is 22.4 Å². The Kier molecular flexibility index (Phi) is 4.91. The molecule has 0 aromatic carbocycles. The van der Waals surface area contributed by atoms with Crippen molar-refractivity contribution in [3.05, 3.63) is 11.1 Å². The average molecular weight is 310 g/mol. The van der Waals surface area contributed by atoms with Gasteiger partial charge in [0.1, 0.15) is 5.41 Å². The van der Waals surface area contributed by atoms with E-state index in [4.69, 9.17) is 4.74 Å². The number of carbonyl (C=O) groups excluding carboxylic acids is 1. The molecular formula is C16H26N2O2S. The van der Waals surface area contributed by atoms with E-state index >= 15 is 0 Å². The van der Waals surface area contributed by atoms with E-state index in [1.54, 1.807) is 11.3 Å². The molecule has 0 spiro atoms. The van der Waals surface area contributed by atoms with E-state index in [1.807, 2.05) is 26.2 Å². The van der Waals surface area contributed by atoms with Crippen LogP contribution >= 0.6 is 11.3 Å². The second-order valence-electron chi connectivity index (χ2n) is 6.44. The zero-order valence-corrected chi connectivity index (χ0v) is 14.3. The van der Waals surface area contributed by atoms with Crippen molar-refractivity contribution in [3.63, 3.8) is 0 Å². The maximum absolute atomic E-state index is 12.0. The Balaban J connectivity index is 1.99. The van der Waals surface area contributed by atoms with E-state index in [2.05, 4.69) is 17.2 Å². The number of nitrogens with one attached hydrogen (secondary N) is 1. The Morgan fingerprint density at radius 2 is 2.19 bits per heavy atom. The largest absolute Gasteiger partial charge is 0.465 e. The van der Waals surface area contributed by atoms with E-state index in [1.165, 1.54) is 25.7 Å². The third-order valence-electron chi connectivity index (χ3n) is 4.71. The van der Waals surface area contributed by atoms with Crippen molar-refractivity contribution in [1.29, 1.82) is 0 Å². The number of ether oxygens (including phenoxy) is 1. The Labute approximate surface area is 131 Å². The van der Waals surface area contributed by atoms with Crippen molar-refractivity contribution in [2.45, 2.75) is 58.8 Å². The van der Waals surface area contributed by atoms with Gasteiger partial charge in [0.15, 0.2) is 5.13 Å². The van der Waals surface area contributed by atoms with Crippen molar-refractivity contribution < 1.29 is 9.53 Å². The molecule has 1 N–H and O–H groups in total. The van der Waals surface area contributed by atoms with Crippen LogP contribution in [0.3, 0.4) is 0 Å². The van der Waals surface area contributed by atoms with E-state index in [9.17, 15) is 4.79 Å². The number of nitrogens with zero attached hydrogens (tertiary/aromatic N) is 1. The normalized spacial score (nSPS) is 17.1. The summed E-state index contributed by atoms with van der Waals surface area (Å²) in [7, 11) is 0. The fourth-order valence-electron chi connectivity index (χ4n) is 2.65. The van der Waals surface area contributed by atoms with Gasteiger partial charge in [-0.1, -0.05) is 13.3 Å². The smallest absolute Gasteiger partial charge is 0.317 e. The number of anilines is 1. The molecule has 0 bridgehead atoms. The minimum Gasteiger partial charge on any atom is -0.465 e. The van der Waals surface area contributed by atoms with Gasteiger partial charge in [0, 0.05) is 11.9 Å². The Morgan fingerprint density at radius 3 is 2.71 bits per heavy atom. The molecule has 1 aromatic heterocycles. The molecule has 21 heavy (non-hydrogen) atoms. The average Bonchev–Trinajstić information content (AvgIpc) is 2.88. The molecule has 1 heterocycles. The van der Waals surface area contributed by atoms with Gasteiger partial charge in [0.2, 0.25) is 0 Å². The highest BCUT2D eigenvalue weighted by Gasteiger charge is 2.36. The molecule has 0 saturated heterocycles. The summed E-state index contributed by atoms with van der Waals surface area (Å²) in [5.41, 5.74) is 0.556. The monoisotopic (exact) mass is 310 g/mol. The van der Waals surface area contributed by atoms with Gasteiger partial charge in [0.05, 0.1) is 12.3 Å². The quantitative estimate of drug-likeness (QED) is 0.774. The van der Waals surface area contributed by atoms with Crippen LogP contribution in [0.5, 0.6) is 0 Å². The SMILES string of the molecule is CCOC(=O)C(C)(C)c1csc(NCC2(CC)CCC2)n1. The molecule has 1 fully saturated rings. The van der Waals surface area contributed by atoms with Crippen LogP contribution < -0.4 is 5.32 Å². The third kappa shape index (κ3) is 3.39. The molecule has 1 aliphatic carbocycles. The third-order valence-corrected chi connectivity index (χ3v) is 5.51. The van der Waals surface area contributed by atoms with E-state index < -0.39 is 5.41 Å². The minimum absolute atomic E-state index is 0.217. The van der Waals surface area contributed by atoms with Crippen LogP contribution in [0.15, 0.2) is 5.38 Å². The molecule has 0 amide bonds. The maximum atomic E-state index is 12.0. The van der Waals surface area contributed by atoms with Gasteiger partial charge in [-0.05, 0) is 45.4 Å². The van der Waals surface area contributed by atoms with Gasteiger partial charge in [-0.3, -0.25) is 4.79 Å². The predicted octanol–water partition coefficient (Wildman–Crippen LogP) is 3.98. The second kappa shape index (κ2) is 6.34. The lowest BCUT2D eigenvalue weighted by molar-refractivity contribution is -0.148. The molecule has 1 saturated carbocycles. The van der Waals surface area contributed by atoms with Crippen LogP contribution in [0, 0.1) is 5.41 Å². The summed E-state index contributed by atoms with van der Waals surface area (Å²) >= 11 is 1.57. The van der Waals surface area contributed by atoms with E-state index in [-0.39, 0.29) is 5.97 Å². The molecule has 5 heteroatoms. The summed E-state index contributed by atoms with van der Waals surface area (Å²) in [6.07, 6.45) is 5.17. The molecule has 118 valence electrons.